The number of piperidine rings is 1. The number of furan rings is 1. The smallest absolute Gasteiger partial charge is 0.475 e. The van der Waals surface area contributed by atoms with Crippen LogP contribution in [0.5, 0.6) is 0 Å². The lowest BCUT2D eigenvalue weighted by atomic mass is 9.69. The fourth-order valence-electron chi connectivity index (χ4n) is 3.68. The Bertz CT molecular complexity index is 686. The summed E-state index contributed by atoms with van der Waals surface area (Å²) in [4.78, 5) is 25.0. The summed E-state index contributed by atoms with van der Waals surface area (Å²) in [6, 6.07) is 4.04. The minimum Gasteiger partial charge on any atom is -0.475 e. The average Bonchev–Trinajstić information content (AvgIpc) is 3.18. The van der Waals surface area contributed by atoms with E-state index in [9.17, 15) is 18.0 Å². The van der Waals surface area contributed by atoms with Crippen LogP contribution in [0.4, 0.5) is 18.0 Å². The molecule has 2 fully saturated rings. The van der Waals surface area contributed by atoms with Crippen LogP contribution < -0.4 is 5.32 Å². The van der Waals surface area contributed by atoms with E-state index in [0.29, 0.717) is 6.61 Å². The lowest BCUT2D eigenvalue weighted by molar-refractivity contribution is -0.192. The van der Waals surface area contributed by atoms with Crippen LogP contribution in [0.3, 0.4) is 0 Å². The number of carboxylic acid groups (broad SMARTS) is 1. The molecule has 2 aliphatic heterocycles. The Morgan fingerprint density at radius 1 is 1.30 bits per heavy atom. The van der Waals surface area contributed by atoms with E-state index in [0.717, 1.165) is 51.3 Å². The van der Waals surface area contributed by atoms with Gasteiger partial charge in [0.2, 0.25) is 0 Å². The van der Waals surface area contributed by atoms with Crippen molar-refractivity contribution in [3.63, 3.8) is 0 Å². The number of halogens is 3. The third kappa shape index (κ3) is 6.63. The number of carboxylic acids is 1. The lowest BCUT2D eigenvalue weighted by Gasteiger charge is -2.49. The standard InChI is InChI=1S/C17H27N3O3.C2HF3O2/c1-19(2)16(21)18-15-13-22-11-7-17(15)5-8-20(9-6-17)12-14-4-3-10-23-14;3-2(4,5)1(6)7/h3-4,10,15H,5-9,11-13H2,1-2H3,(H,18,21);(H,6,7). The van der Waals surface area contributed by atoms with Crippen LogP contribution in [0.1, 0.15) is 25.0 Å². The molecule has 1 unspecified atom stereocenters. The van der Waals surface area contributed by atoms with Crippen molar-refractivity contribution < 1.29 is 37.0 Å². The number of carbonyl (C=O) groups is 2. The monoisotopic (exact) mass is 435 g/mol. The molecule has 1 aromatic heterocycles. The Hall–Kier alpha value is -2.27. The number of carbonyl (C=O) groups excluding carboxylic acids is 1. The Balaban J connectivity index is 0.000000396. The lowest BCUT2D eigenvalue weighted by Crippen LogP contribution is -2.58. The van der Waals surface area contributed by atoms with E-state index in [4.69, 9.17) is 19.1 Å². The minimum absolute atomic E-state index is 0.0297. The molecule has 0 saturated carbocycles. The van der Waals surface area contributed by atoms with Crippen LogP contribution >= 0.6 is 0 Å². The molecule has 1 aromatic rings. The molecule has 3 rings (SSSR count). The summed E-state index contributed by atoms with van der Waals surface area (Å²) in [5, 5.41) is 10.3. The van der Waals surface area contributed by atoms with Crippen LogP contribution in [0, 0.1) is 5.41 Å². The Kier molecular flexibility index (Phi) is 8.13. The molecule has 2 N–H and O–H groups in total. The van der Waals surface area contributed by atoms with Gasteiger partial charge in [0.25, 0.3) is 0 Å². The topological polar surface area (TPSA) is 95.3 Å². The van der Waals surface area contributed by atoms with Crippen molar-refractivity contribution in [2.45, 2.75) is 38.0 Å². The molecule has 8 nitrogen and oxygen atoms in total. The molecule has 2 amide bonds. The van der Waals surface area contributed by atoms with E-state index in [1.807, 2.05) is 12.1 Å². The van der Waals surface area contributed by atoms with Crippen molar-refractivity contribution in [2.75, 3.05) is 40.4 Å². The summed E-state index contributed by atoms with van der Waals surface area (Å²) in [7, 11) is 3.55. The minimum atomic E-state index is -5.08. The average molecular weight is 435 g/mol. The Labute approximate surface area is 172 Å². The molecule has 3 heterocycles. The molecule has 30 heavy (non-hydrogen) atoms. The number of nitrogens with one attached hydrogen (secondary N) is 1. The number of aliphatic carboxylic acids is 1. The fourth-order valence-corrected chi connectivity index (χ4v) is 3.68. The molecule has 0 bridgehead atoms. The SMILES string of the molecule is CN(C)C(=O)NC1COCCC12CCN(Cc1ccco1)CC2.O=C(O)C(F)(F)F. The highest BCUT2D eigenvalue weighted by Crippen LogP contribution is 2.41. The van der Waals surface area contributed by atoms with Gasteiger partial charge in [-0.15, -0.1) is 0 Å². The second-order valence-electron chi connectivity index (χ2n) is 7.74. The predicted octanol–water partition coefficient (Wildman–Crippen LogP) is 2.56. The number of urea groups is 1. The summed E-state index contributed by atoms with van der Waals surface area (Å²) < 4.78 is 42.8. The molecular formula is C19H28F3N3O5. The highest BCUT2D eigenvalue weighted by molar-refractivity contribution is 5.74. The maximum Gasteiger partial charge on any atom is 0.490 e. The fraction of sp³-hybridized carbons (Fsp3) is 0.684. The molecule has 1 atom stereocenters. The number of ether oxygens (including phenoxy) is 1. The highest BCUT2D eigenvalue weighted by atomic mass is 19.4. The highest BCUT2D eigenvalue weighted by Gasteiger charge is 2.44. The quantitative estimate of drug-likeness (QED) is 0.758. The van der Waals surface area contributed by atoms with Gasteiger partial charge in [-0.05, 0) is 49.9 Å². The maximum absolute atomic E-state index is 12.0. The van der Waals surface area contributed by atoms with E-state index in [-0.39, 0.29) is 17.5 Å². The second-order valence-corrected chi connectivity index (χ2v) is 7.74. The van der Waals surface area contributed by atoms with Gasteiger partial charge in [-0.3, -0.25) is 4.90 Å². The van der Waals surface area contributed by atoms with Crippen molar-refractivity contribution >= 4 is 12.0 Å². The second kappa shape index (κ2) is 10.2. The zero-order valence-electron chi connectivity index (χ0n) is 17.1. The van der Waals surface area contributed by atoms with Gasteiger partial charge in [0, 0.05) is 20.7 Å². The zero-order valence-corrected chi connectivity index (χ0v) is 17.1. The number of likely N-dealkylation sites (tertiary alicyclic amines) is 1. The number of hydrogen-bond donors (Lipinski definition) is 2. The van der Waals surface area contributed by atoms with Crippen LogP contribution in [0.2, 0.25) is 0 Å². The summed E-state index contributed by atoms with van der Waals surface area (Å²) in [5.74, 6) is -1.74. The van der Waals surface area contributed by atoms with Gasteiger partial charge in [-0.1, -0.05) is 0 Å². The van der Waals surface area contributed by atoms with E-state index < -0.39 is 12.1 Å². The number of rotatable bonds is 3. The van der Waals surface area contributed by atoms with Gasteiger partial charge in [0.1, 0.15) is 5.76 Å². The summed E-state index contributed by atoms with van der Waals surface area (Å²) in [5.41, 5.74) is 0.170. The first-order valence-electron chi connectivity index (χ1n) is 9.64. The van der Waals surface area contributed by atoms with Gasteiger partial charge < -0.3 is 24.5 Å². The van der Waals surface area contributed by atoms with Crippen LogP contribution in [-0.2, 0) is 16.1 Å². The van der Waals surface area contributed by atoms with E-state index in [1.54, 1.807) is 25.3 Å². The molecule has 1 spiro atoms. The number of alkyl halides is 3. The first-order valence-corrected chi connectivity index (χ1v) is 9.64. The van der Waals surface area contributed by atoms with Gasteiger partial charge >= 0.3 is 18.2 Å². The Morgan fingerprint density at radius 2 is 1.93 bits per heavy atom. The number of hydrogen-bond acceptors (Lipinski definition) is 5. The van der Waals surface area contributed by atoms with Crippen LogP contribution in [0.15, 0.2) is 22.8 Å². The third-order valence-electron chi connectivity index (χ3n) is 5.53. The molecule has 2 aliphatic rings. The first-order chi connectivity index (χ1) is 14.0. The van der Waals surface area contributed by atoms with Crippen LogP contribution in [-0.4, -0.2) is 79.5 Å². The zero-order chi connectivity index (χ0) is 22.4. The van der Waals surface area contributed by atoms with E-state index in [1.165, 1.54) is 0 Å². The number of amides is 2. The van der Waals surface area contributed by atoms with E-state index >= 15 is 0 Å². The molecule has 11 heteroatoms. The molecule has 0 aliphatic carbocycles. The molecular weight excluding hydrogens is 407 g/mol. The molecule has 170 valence electrons. The Morgan fingerprint density at radius 3 is 2.43 bits per heavy atom. The maximum atomic E-state index is 12.0. The number of nitrogens with zero attached hydrogens (tertiary/aromatic N) is 2. The van der Waals surface area contributed by atoms with Gasteiger partial charge in [0.15, 0.2) is 0 Å². The van der Waals surface area contributed by atoms with E-state index in [2.05, 4.69) is 10.2 Å². The van der Waals surface area contributed by atoms with Crippen molar-refractivity contribution in [1.29, 1.82) is 0 Å². The van der Waals surface area contributed by atoms with Crippen molar-refractivity contribution in [1.82, 2.24) is 15.1 Å². The third-order valence-corrected chi connectivity index (χ3v) is 5.53. The van der Waals surface area contributed by atoms with Crippen LogP contribution in [0.25, 0.3) is 0 Å². The normalized spacial score (nSPS) is 21.4. The predicted molar refractivity (Wildman–Crippen MR) is 101 cm³/mol. The molecule has 0 aromatic carbocycles. The molecule has 0 radical (unpaired) electrons. The van der Waals surface area contributed by atoms with Crippen molar-refractivity contribution in [2.24, 2.45) is 5.41 Å². The van der Waals surface area contributed by atoms with Crippen molar-refractivity contribution in [3.05, 3.63) is 24.2 Å². The largest absolute Gasteiger partial charge is 0.490 e. The molecule has 2 saturated heterocycles. The van der Waals surface area contributed by atoms with Gasteiger partial charge in [0.05, 0.1) is 25.5 Å². The summed E-state index contributed by atoms with van der Waals surface area (Å²) >= 11 is 0. The first kappa shape index (κ1) is 24.0. The van der Waals surface area contributed by atoms with Crippen molar-refractivity contribution in [3.8, 4) is 0 Å². The van der Waals surface area contributed by atoms with Gasteiger partial charge in [-0.25, -0.2) is 9.59 Å². The van der Waals surface area contributed by atoms with Gasteiger partial charge in [-0.2, -0.15) is 13.2 Å². The summed E-state index contributed by atoms with van der Waals surface area (Å²) in [6.07, 6.45) is -0.142. The summed E-state index contributed by atoms with van der Waals surface area (Å²) in [6.45, 7) is 4.36.